The van der Waals surface area contributed by atoms with Gasteiger partial charge in [-0.05, 0) is 30.1 Å². The van der Waals surface area contributed by atoms with Gasteiger partial charge in [-0.25, -0.2) is 4.31 Å². The molecule has 10 heteroatoms. The second kappa shape index (κ2) is 4.44. The molecule has 1 heterocycles. The van der Waals surface area contributed by atoms with Gasteiger partial charge in [-0.15, -0.1) is 0 Å². The van der Waals surface area contributed by atoms with E-state index >= 15 is 0 Å². The summed E-state index contributed by atoms with van der Waals surface area (Å²) in [6, 6.07) is 0. The van der Waals surface area contributed by atoms with E-state index in [0.717, 1.165) is 0 Å². The maximum absolute atomic E-state index is 10.9. The van der Waals surface area contributed by atoms with Gasteiger partial charge in [0.05, 0.1) is 0 Å². The summed E-state index contributed by atoms with van der Waals surface area (Å²) in [7, 11) is -4.44. The van der Waals surface area contributed by atoms with Crippen molar-refractivity contribution in [1.29, 1.82) is 0 Å². The smallest absolute Gasteiger partial charge is 0.269 e. The van der Waals surface area contributed by atoms with Crippen LogP contribution in [-0.4, -0.2) is 34.5 Å². The lowest BCUT2D eigenvalue weighted by molar-refractivity contribution is 0.477. The van der Waals surface area contributed by atoms with Crippen LogP contribution in [0.15, 0.2) is 0 Å². The summed E-state index contributed by atoms with van der Waals surface area (Å²) in [6.07, 6.45) is 0. The van der Waals surface area contributed by atoms with Gasteiger partial charge in [-0.3, -0.25) is 4.55 Å². The molecule has 0 saturated heterocycles. The zero-order valence-electron chi connectivity index (χ0n) is 7.42. The van der Waals surface area contributed by atoms with E-state index in [0.29, 0.717) is 4.31 Å². The van der Waals surface area contributed by atoms with Gasteiger partial charge in [-0.1, -0.05) is 0 Å². The molecule has 0 saturated carbocycles. The molecule has 84 valence electrons. The number of rotatable bonds is 3. The number of nitrogens with zero attached hydrogens (tertiary/aromatic N) is 4. The van der Waals surface area contributed by atoms with Crippen LogP contribution in [0.2, 0.25) is 10.6 Å². The summed E-state index contributed by atoms with van der Waals surface area (Å²) in [5, 5.41) is -0.515. The Morgan fingerprint density at radius 2 is 1.73 bits per heavy atom. The maximum Gasteiger partial charge on any atom is 0.362 e. The molecule has 0 spiro atoms. The van der Waals surface area contributed by atoms with Crippen molar-refractivity contribution in [3.8, 4) is 0 Å². The Labute approximate surface area is 96.0 Å². The summed E-state index contributed by atoms with van der Waals surface area (Å²) < 4.78 is 31.1. The molecule has 1 aromatic rings. The Kier molecular flexibility index (Phi) is 3.66. The highest BCUT2D eigenvalue weighted by Gasteiger charge is 2.21. The van der Waals surface area contributed by atoms with Crippen molar-refractivity contribution in [1.82, 2.24) is 15.0 Å². The standard InChI is InChI=1S/C5H6Cl2N4O3S/c1-2-11(15(12,13)14)5-9-3(6)8-4(7)10-5/h2H2,1H3,(H,12,13,14). The molecule has 0 radical (unpaired) electrons. The van der Waals surface area contributed by atoms with Gasteiger partial charge in [-0.2, -0.15) is 23.4 Å². The van der Waals surface area contributed by atoms with Gasteiger partial charge >= 0.3 is 10.3 Å². The van der Waals surface area contributed by atoms with Crippen LogP contribution in [0, 0.1) is 0 Å². The number of hydrogen-bond donors (Lipinski definition) is 1. The Balaban J connectivity index is 3.25. The summed E-state index contributed by atoms with van der Waals surface area (Å²) in [5.74, 6) is -0.329. The average Bonchev–Trinajstić information content (AvgIpc) is 1.99. The minimum atomic E-state index is -4.44. The molecular weight excluding hydrogens is 267 g/mol. The van der Waals surface area contributed by atoms with Crippen molar-refractivity contribution in [2.45, 2.75) is 6.92 Å². The molecule has 1 rings (SSSR count). The highest BCUT2D eigenvalue weighted by molar-refractivity contribution is 7.87. The fourth-order valence-corrected chi connectivity index (χ4v) is 1.80. The van der Waals surface area contributed by atoms with E-state index in [-0.39, 0.29) is 23.1 Å². The Morgan fingerprint density at radius 1 is 1.27 bits per heavy atom. The molecule has 0 amide bonds. The van der Waals surface area contributed by atoms with E-state index in [1.54, 1.807) is 0 Å². The van der Waals surface area contributed by atoms with Gasteiger partial charge in [0, 0.05) is 6.54 Å². The summed E-state index contributed by atoms with van der Waals surface area (Å²) in [5.41, 5.74) is 0. The second-order valence-corrected chi connectivity index (χ2v) is 4.33. The SMILES string of the molecule is CCN(c1nc(Cl)nc(Cl)n1)S(=O)(=O)O. The molecule has 0 aliphatic carbocycles. The highest BCUT2D eigenvalue weighted by atomic mass is 35.5. The Bertz CT molecular complexity index is 445. The van der Waals surface area contributed by atoms with E-state index in [4.69, 9.17) is 27.8 Å². The molecule has 7 nitrogen and oxygen atoms in total. The molecule has 1 aromatic heterocycles. The number of halogens is 2. The number of hydrogen-bond acceptors (Lipinski definition) is 5. The molecular formula is C5H6Cl2N4O3S. The third-order valence-corrected chi connectivity index (χ3v) is 2.67. The predicted molar refractivity (Wildman–Crippen MR) is 54.4 cm³/mol. The minimum absolute atomic E-state index is 0.0600. The third-order valence-electron chi connectivity index (χ3n) is 1.36. The van der Waals surface area contributed by atoms with Crippen molar-refractivity contribution in [3.63, 3.8) is 0 Å². The van der Waals surface area contributed by atoms with Crippen LogP contribution in [0.1, 0.15) is 6.92 Å². The fraction of sp³-hybridized carbons (Fsp3) is 0.400. The van der Waals surface area contributed by atoms with Crippen LogP contribution in [0.5, 0.6) is 0 Å². The van der Waals surface area contributed by atoms with Crippen LogP contribution >= 0.6 is 23.2 Å². The first-order chi connectivity index (χ1) is 6.84. The molecule has 15 heavy (non-hydrogen) atoms. The molecule has 0 bridgehead atoms. The Hall–Kier alpha value is -0.700. The van der Waals surface area contributed by atoms with Gasteiger partial charge < -0.3 is 0 Å². The monoisotopic (exact) mass is 272 g/mol. The van der Waals surface area contributed by atoms with Crippen molar-refractivity contribution in [2.24, 2.45) is 0 Å². The molecule has 0 aliphatic rings. The van der Waals surface area contributed by atoms with E-state index in [1.165, 1.54) is 6.92 Å². The predicted octanol–water partition coefficient (Wildman–Crippen LogP) is 0.807. The maximum atomic E-state index is 10.9. The second-order valence-electron chi connectivity index (χ2n) is 2.32. The van der Waals surface area contributed by atoms with Crippen LogP contribution < -0.4 is 4.31 Å². The molecule has 1 N–H and O–H groups in total. The van der Waals surface area contributed by atoms with E-state index in [2.05, 4.69) is 15.0 Å². The molecule has 0 fully saturated rings. The van der Waals surface area contributed by atoms with E-state index in [9.17, 15) is 8.42 Å². The molecule has 0 aromatic carbocycles. The number of anilines is 1. The minimum Gasteiger partial charge on any atom is -0.269 e. The van der Waals surface area contributed by atoms with Crippen molar-refractivity contribution < 1.29 is 13.0 Å². The topological polar surface area (TPSA) is 96.3 Å². The summed E-state index contributed by atoms with van der Waals surface area (Å²) in [6.45, 7) is 1.43. The first kappa shape index (κ1) is 12.4. The zero-order valence-corrected chi connectivity index (χ0v) is 9.75. The summed E-state index contributed by atoms with van der Waals surface area (Å²) in [4.78, 5) is 10.5. The molecule has 0 unspecified atom stereocenters. The normalized spacial score (nSPS) is 11.5. The summed E-state index contributed by atoms with van der Waals surface area (Å²) >= 11 is 10.9. The average molecular weight is 273 g/mol. The van der Waals surface area contributed by atoms with Crippen molar-refractivity contribution >= 4 is 39.5 Å². The lowest BCUT2D eigenvalue weighted by atomic mass is 10.7. The van der Waals surface area contributed by atoms with Crippen LogP contribution in [-0.2, 0) is 10.3 Å². The first-order valence-corrected chi connectivity index (χ1v) is 5.82. The largest absolute Gasteiger partial charge is 0.362 e. The zero-order chi connectivity index (χ0) is 11.6. The van der Waals surface area contributed by atoms with Gasteiger partial charge in [0.15, 0.2) is 0 Å². The number of aromatic nitrogens is 3. The van der Waals surface area contributed by atoms with Crippen LogP contribution in [0.4, 0.5) is 5.95 Å². The van der Waals surface area contributed by atoms with Gasteiger partial charge in [0.2, 0.25) is 16.5 Å². The first-order valence-electron chi connectivity index (χ1n) is 3.67. The fourth-order valence-electron chi connectivity index (χ4n) is 0.835. The third kappa shape index (κ3) is 3.13. The van der Waals surface area contributed by atoms with Crippen molar-refractivity contribution in [2.75, 3.05) is 10.8 Å². The lowest BCUT2D eigenvalue weighted by Gasteiger charge is -2.15. The Morgan fingerprint density at radius 3 is 2.07 bits per heavy atom. The van der Waals surface area contributed by atoms with E-state index in [1.807, 2.05) is 0 Å². The van der Waals surface area contributed by atoms with Gasteiger partial charge in [0.25, 0.3) is 0 Å². The highest BCUT2D eigenvalue weighted by Crippen LogP contribution is 2.15. The van der Waals surface area contributed by atoms with Gasteiger partial charge in [0.1, 0.15) is 0 Å². The van der Waals surface area contributed by atoms with Crippen molar-refractivity contribution in [3.05, 3.63) is 10.6 Å². The molecule has 0 atom stereocenters. The molecule has 0 aliphatic heterocycles. The van der Waals surface area contributed by atoms with E-state index < -0.39 is 10.3 Å². The van der Waals surface area contributed by atoms with Crippen LogP contribution in [0.3, 0.4) is 0 Å². The quantitative estimate of drug-likeness (QED) is 0.818. The van der Waals surface area contributed by atoms with Crippen LogP contribution in [0.25, 0.3) is 0 Å². The lowest BCUT2D eigenvalue weighted by Crippen LogP contribution is -2.31.